The summed E-state index contributed by atoms with van der Waals surface area (Å²) in [5.41, 5.74) is 3.69. The molecule has 2 aromatic rings. The molecule has 0 saturated carbocycles. The largest absolute Gasteiger partial charge is 0.356 e. The van der Waals surface area contributed by atoms with Gasteiger partial charge >= 0.3 is 0 Å². The fraction of sp³-hybridized carbons (Fsp3) is 0.200. The summed E-state index contributed by atoms with van der Waals surface area (Å²) in [5, 5.41) is 4.10. The molecule has 3 rings (SSSR count). The zero-order valence-electron chi connectivity index (χ0n) is 15.3. The molecule has 0 spiro atoms. The molecule has 2 aromatic carbocycles. The maximum atomic E-state index is 13.0. The molecule has 1 heterocycles. The number of benzene rings is 2. The molecule has 2 N–H and O–H groups in total. The first-order valence-corrected chi connectivity index (χ1v) is 9.28. The summed E-state index contributed by atoms with van der Waals surface area (Å²) in [7, 11) is 0. The zero-order chi connectivity index (χ0) is 20.1. The van der Waals surface area contributed by atoms with Crippen LogP contribution >= 0.6 is 12.2 Å². The molecule has 144 valence electrons. The molecule has 1 fully saturated rings. The quantitative estimate of drug-likeness (QED) is 0.729. The number of anilines is 1. The van der Waals surface area contributed by atoms with E-state index in [1.54, 1.807) is 61.5 Å². The Morgan fingerprint density at radius 1 is 1.04 bits per heavy atom. The van der Waals surface area contributed by atoms with Crippen LogP contribution in [-0.2, 0) is 9.59 Å². The molecule has 0 radical (unpaired) electrons. The van der Waals surface area contributed by atoms with Crippen molar-refractivity contribution in [3.05, 3.63) is 66.2 Å². The lowest BCUT2D eigenvalue weighted by Crippen LogP contribution is -2.50. The second kappa shape index (κ2) is 8.62. The first kappa shape index (κ1) is 19.5. The van der Waals surface area contributed by atoms with Crippen molar-refractivity contribution in [1.29, 1.82) is 0 Å². The Labute approximate surface area is 168 Å². The van der Waals surface area contributed by atoms with E-state index < -0.39 is 11.9 Å². The van der Waals surface area contributed by atoms with Gasteiger partial charge in [-0.2, -0.15) is 0 Å². The predicted octanol–water partition coefficient (Wildman–Crippen LogP) is 1.86. The lowest BCUT2D eigenvalue weighted by molar-refractivity contribution is -0.127. The van der Waals surface area contributed by atoms with Crippen LogP contribution in [0.3, 0.4) is 0 Å². The van der Waals surface area contributed by atoms with Crippen LogP contribution in [0.5, 0.6) is 0 Å². The van der Waals surface area contributed by atoms with Gasteiger partial charge in [0.25, 0.3) is 11.8 Å². The topological polar surface area (TPSA) is 81.8 Å². The minimum atomic E-state index is -0.924. The van der Waals surface area contributed by atoms with Gasteiger partial charge in [0.05, 0.1) is 12.1 Å². The van der Waals surface area contributed by atoms with E-state index in [9.17, 15) is 14.4 Å². The normalized spacial score (nSPS) is 16.2. The molecule has 28 heavy (non-hydrogen) atoms. The Balaban J connectivity index is 1.89. The van der Waals surface area contributed by atoms with E-state index in [1.807, 2.05) is 6.07 Å². The Morgan fingerprint density at radius 3 is 2.25 bits per heavy atom. The molecule has 0 bridgehead atoms. The summed E-state index contributed by atoms with van der Waals surface area (Å²) in [6.07, 6.45) is -0.120. The molecule has 0 aliphatic carbocycles. The summed E-state index contributed by atoms with van der Waals surface area (Å²) < 4.78 is 0. The SMILES string of the molecule is CCNC(=O)CC1C(=O)N(c2ccccc2)C(=S)N1NC(=O)c1ccccc1. The minimum Gasteiger partial charge on any atom is -0.356 e. The molecule has 0 aromatic heterocycles. The highest BCUT2D eigenvalue weighted by atomic mass is 32.1. The van der Waals surface area contributed by atoms with E-state index in [4.69, 9.17) is 12.2 Å². The number of hydrazine groups is 1. The van der Waals surface area contributed by atoms with Crippen molar-refractivity contribution in [1.82, 2.24) is 15.8 Å². The molecule has 1 atom stereocenters. The van der Waals surface area contributed by atoms with E-state index in [-0.39, 0.29) is 23.3 Å². The van der Waals surface area contributed by atoms with Crippen molar-refractivity contribution in [3.8, 4) is 0 Å². The van der Waals surface area contributed by atoms with Crippen molar-refractivity contribution in [3.63, 3.8) is 0 Å². The molecule has 1 aliphatic heterocycles. The van der Waals surface area contributed by atoms with Gasteiger partial charge in [0, 0.05) is 12.1 Å². The smallest absolute Gasteiger partial charge is 0.269 e. The monoisotopic (exact) mass is 396 g/mol. The number of thiocarbonyl (C=S) groups is 1. The highest BCUT2D eigenvalue weighted by Crippen LogP contribution is 2.25. The number of rotatable bonds is 6. The second-order valence-electron chi connectivity index (χ2n) is 6.14. The first-order valence-electron chi connectivity index (χ1n) is 8.88. The Kier molecular flexibility index (Phi) is 6.00. The number of para-hydroxylation sites is 1. The van der Waals surface area contributed by atoms with Gasteiger partial charge in [-0.05, 0) is 43.4 Å². The number of amides is 3. The van der Waals surface area contributed by atoms with E-state index >= 15 is 0 Å². The van der Waals surface area contributed by atoms with E-state index in [2.05, 4.69) is 10.7 Å². The maximum Gasteiger partial charge on any atom is 0.269 e. The third-order valence-corrected chi connectivity index (χ3v) is 4.62. The van der Waals surface area contributed by atoms with Gasteiger partial charge in [-0.25, -0.2) is 5.01 Å². The number of carbonyl (C=O) groups excluding carboxylic acids is 3. The van der Waals surface area contributed by atoms with E-state index in [0.29, 0.717) is 17.8 Å². The predicted molar refractivity (Wildman–Crippen MR) is 109 cm³/mol. The first-order chi connectivity index (χ1) is 13.5. The van der Waals surface area contributed by atoms with E-state index in [0.717, 1.165) is 0 Å². The number of hydrogen-bond acceptors (Lipinski definition) is 4. The molecule has 3 amide bonds. The van der Waals surface area contributed by atoms with Crippen LogP contribution in [-0.4, -0.2) is 40.4 Å². The fourth-order valence-corrected chi connectivity index (χ4v) is 3.29. The summed E-state index contributed by atoms with van der Waals surface area (Å²) in [4.78, 5) is 39.1. The Bertz CT molecular complexity index is 889. The second-order valence-corrected chi connectivity index (χ2v) is 6.51. The molecule has 1 unspecified atom stereocenters. The van der Waals surface area contributed by atoms with Crippen LogP contribution in [0, 0.1) is 0 Å². The summed E-state index contributed by atoms with van der Waals surface area (Å²) in [6, 6.07) is 16.6. The summed E-state index contributed by atoms with van der Waals surface area (Å²) in [5.74, 6) is -1.07. The maximum absolute atomic E-state index is 13.0. The molecule has 8 heteroatoms. The van der Waals surface area contributed by atoms with Gasteiger partial charge in [0.2, 0.25) is 11.0 Å². The van der Waals surface area contributed by atoms with Crippen LogP contribution in [0.4, 0.5) is 5.69 Å². The number of hydrogen-bond donors (Lipinski definition) is 2. The van der Waals surface area contributed by atoms with Crippen molar-refractivity contribution in [2.45, 2.75) is 19.4 Å². The van der Waals surface area contributed by atoms with Crippen molar-refractivity contribution in [2.24, 2.45) is 0 Å². The highest BCUT2D eigenvalue weighted by molar-refractivity contribution is 7.80. The average Bonchev–Trinajstić information content (AvgIpc) is 2.93. The number of nitrogens with one attached hydrogen (secondary N) is 2. The molecular weight excluding hydrogens is 376 g/mol. The molecule has 1 saturated heterocycles. The van der Waals surface area contributed by atoms with Crippen molar-refractivity contribution in [2.75, 3.05) is 11.4 Å². The average molecular weight is 396 g/mol. The van der Waals surface area contributed by atoms with Crippen LogP contribution < -0.4 is 15.6 Å². The third-order valence-electron chi connectivity index (χ3n) is 4.24. The zero-order valence-corrected chi connectivity index (χ0v) is 16.1. The van der Waals surface area contributed by atoms with Crippen LogP contribution in [0.15, 0.2) is 60.7 Å². The fourth-order valence-electron chi connectivity index (χ4n) is 2.92. The molecule has 7 nitrogen and oxygen atoms in total. The van der Waals surface area contributed by atoms with Crippen molar-refractivity contribution < 1.29 is 14.4 Å². The van der Waals surface area contributed by atoms with Gasteiger partial charge in [-0.15, -0.1) is 0 Å². The van der Waals surface area contributed by atoms with Gasteiger partial charge < -0.3 is 5.32 Å². The third kappa shape index (κ3) is 4.01. The lowest BCUT2D eigenvalue weighted by Gasteiger charge is -2.24. The summed E-state index contributed by atoms with van der Waals surface area (Å²) in [6.45, 7) is 2.24. The number of carbonyl (C=O) groups is 3. The van der Waals surface area contributed by atoms with Gasteiger partial charge in [-0.3, -0.25) is 24.7 Å². The van der Waals surface area contributed by atoms with Crippen LogP contribution in [0.2, 0.25) is 0 Å². The van der Waals surface area contributed by atoms with Gasteiger partial charge in [0.1, 0.15) is 6.04 Å². The standard InChI is InChI=1S/C20H20N4O3S/c1-2-21-17(25)13-16-19(27)23(15-11-7-4-8-12-15)20(28)24(16)22-18(26)14-9-5-3-6-10-14/h3-12,16H,2,13H2,1H3,(H,21,25)(H,22,26). The van der Waals surface area contributed by atoms with Crippen molar-refractivity contribution >= 4 is 40.7 Å². The molecule has 1 aliphatic rings. The summed E-state index contributed by atoms with van der Waals surface area (Å²) >= 11 is 5.47. The highest BCUT2D eigenvalue weighted by Gasteiger charge is 2.45. The Hall–Kier alpha value is -3.26. The Morgan fingerprint density at radius 2 is 1.64 bits per heavy atom. The molecular formula is C20H20N4O3S. The van der Waals surface area contributed by atoms with Crippen LogP contribution in [0.25, 0.3) is 0 Å². The van der Waals surface area contributed by atoms with E-state index in [1.165, 1.54) is 9.91 Å². The van der Waals surface area contributed by atoms with Gasteiger partial charge in [0.15, 0.2) is 0 Å². The van der Waals surface area contributed by atoms with Crippen LogP contribution in [0.1, 0.15) is 23.7 Å². The number of nitrogens with zero attached hydrogens (tertiary/aromatic N) is 2. The van der Waals surface area contributed by atoms with Gasteiger partial charge in [-0.1, -0.05) is 36.4 Å². The minimum absolute atomic E-state index is 0.120. The lowest BCUT2D eigenvalue weighted by atomic mass is 10.1.